The second-order valence-corrected chi connectivity index (χ2v) is 3.47. The maximum atomic E-state index is 12.7. The first-order valence-corrected chi connectivity index (χ1v) is 4.50. The fourth-order valence-corrected chi connectivity index (χ4v) is 1.30. The molecule has 0 N–H and O–H groups in total. The molecule has 0 aliphatic rings. The van der Waals surface area contributed by atoms with Crippen molar-refractivity contribution in [2.75, 3.05) is 7.11 Å². The summed E-state index contributed by atoms with van der Waals surface area (Å²) in [6.07, 6.45) is 0. The molecule has 0 saturated carbocycles. The van der Waals surface area contributed by atoms with Crippen LogP contribution in [0.2, 0.25) is 5.02 Å². The molecule has 1 rings (SSSR count). The summed E-state index contributed by atoms with van der Waals surface area (Å²) in [6, 6.07) is 3.95. The van der Waals surface area contributed by atoms with E-state index in [4.69, 9.17) is 16.3 Å². The van der Waals surface area contributed by atoms with Crippen molar-refractivity contribution < 1.29 is 18.3 Å². The highest BCUT2D eigenvalue weighted by atomic mass is 35.5. The molecule has 0 unspecified atom stereocenters. The topological polar surface area (TPSA) is 26.3 Å². The normalized spacial score (nSPS) is 11.3. The number of carbonyl (C=O) groups is 1. The Hall–Kier alpha value is -1.16. The van der Waals surface area contributed by atoms with E-state index >= 15 is 0 Å². The third-order valence-corrected chi connectivity index (χ3v) is 2.13. The van der Waals surface area contributed by atoms with Crippen molar-refractivity contribution in [3.05, 3.63) is 28.8 Å². The average Bonchev–Trinajstić information content (AvgIpc) is 2.15. The van der Waals surface area contributed by atoms with Gasteiger partial charge >= 0.3 is 5.92 Å². The summed E-state index contributed by atoms with van der Waals surface area (Å²) in [5.74, 6) is -4.30. The number of halogens is 3. The van der Waals surface area contributed by atoms with Gasteiger partial charge in [-0.1, -0.05) is 11.6 Å². The van der Waals surface area contributed by atoms with Crippen LogP contribution in [0.15, 0.2) is 18.2 Å². The molecule has 0 atom stereocenters. The zero-order valence-corrected chi connectivity index (χ0v) is 8.94. The van der Waals surface area contributed by atoms with Crippen molar-refractivity contribution in [2.24, 2.45) is 0 Å². The first kappa shape index (κ1) is 11.9. The third kappa shape index (κ3) is 2.65. The minimum absolute atomic E-state index is 0.0409. The van der Waals surface area contributed by atoms with Crippen LogP contribution in [0.5, 0.6) is 5.75 Å². The number of methoxy groups -OCH3 is 1. The molecule has 1 aromatic rings. The molecular weight excluding hydrogens is 226 g/mol. The molecule has 5 heteroatoms. The molecule has 15 heavy (non-hydrogen) atoms. The lowest BCUT2D eigenvalue weighted by Gasteiger charge is -2.10. The predicted molar refractivity (Wildman–Crippen MR) is 53.0 cm³/mol. The van der Waals surface area contributed by atoms with Gasteiger partial charge in [-0.3, -0.25) is 4.79 Å². The van der Waals surface area contributed by atoms with Crippen LogP contribution in [0, 0.1) is 0 Å². The zero-order chi connectivity index (χ0) is 11.6. The molecule has 82 valence electrons. The molecule has 0 radical (unpaired) electrons. The molecule has 0 aliphatic carbocycles. The molecule has 2 nitrogen and oxygen atoms in total. The van der Waals surface area contributed by atoms with Gasteiger partial charge in [-0.2, -0.15) is 8.78 Å². The third-order valence-electron chi connectivity index (χ3n) is 1.82. The number of Topliss-reactive ketones (excluding diaryl/α,β-unsaturated/α-hetero) is 1. The highest BCUT2D eigenvalue weighted by molar-refractivity contribution is 6.34. The van der Waals surface area contributed by atoms with E-state index in [1.165, 1.54) is 25.3 Å². The van der Waals surface area contributed by atoms with Gasteiger partial charge in [0.25, 0.3) is 0 Å². The summed E-state index contributed by atoms with van der Waals surface area (Å²) >= 11 is 5.67. The van der Waals surface area contributed by atoms with Crippen molar-refractivity contribution in [3.63, 3.8) is 0 Å². The Bertz CT molecular complexity index is 385. The zero-order valence-electron chi connectivity index (χ0n) is 8.18. The molecule has 0 saturated heterocycles. The number of ketones is 1. The molecular formula is C10H9ClF2O2. The average molecular weight is 235 g/mol. The first-order valence-electron chi connectivity index (χ1n) is 4.12. The minimum atomic E-state index is -3.42. The number of benzene rings is 1. The molecule has 0 amide bonds. The Labute approximate surface area is 90.8 Å². The maximum absolute atomic E-state index is 12.7. The summed E-state index contributed by atoms with van der Waals surface area (Å²) in [4.78, 5) is 11.2. The van der Waals surface area contributed by atoms with Crippen LogP contribution in [-0.4, -0.2) is 18.8 Å². The molecule has 1 aromatic carbocycles. The van der Waals surface area contributed by atoms with Crippen molar-refractivity contribution in [2.45, 2.75) is 12.8 Å². The fourth-order valence-electron chi connectivity index (χ4n) is 1.04. The van der Waals surface area contributed by atoms with Crippen LogP contribution >= 0.6 is 11.6 Å². The number of alkyl halides is 2. The monoisotopic (exact) mass is 234 g/mol. The lowest BCUT2D eigenvalue weighted by molar-refractivity contribution is 0.0222. The van der Waals surface area contributed by atoms with Gasteiger partial charge in [0.05, 0.1) is 12.1 Å². The van der Waals surface area contributed by atoms with E-state index in [-0.39, 0.29) is 10.6 Å². The summed E-state index contributed by atoms with van der Waals surface area (Å²) in [7, 11) is 1.42. The summed E-state index contributed by atoms with van der Waals surface area (Å²) in [5.41, 5.74) is -0.204. The van der Waals surface area contributed by atoms with Crippen LogP contribution in [0.25, 0.3) is 0 Å². The number of hydrogen-bond donors (Lipinski definition) is 0. The smallest absolute Gasteiger partial charge is 0.307 e. The van der Waals surface area contributed by atoms with Crippen molar-refractivity contribution in [1.82, 2.24) is 0 Å². The van der Waals surface area contributed by atoms with Crippen LogP contribution in [0.3, 0.4) is 0 Å². The van der Waals surface area contributed by atoms with Crippen molar-refractivity contribution in [1.29, 1.82) is 0 Å². The largest absolute Gasteiger partial charge is 0.497 e. The SMILES string of the molecule is COc1ccc(C(=O)C(C)(F)F)c(Cl)c1. The molecule has 0 heterocycles. The van der Waals surface area contributed by atoms with Gasteiger partial charge in [0.15, 0.2) is 0 Å². The Balaban J connectivity index is 3.12. The van der Waals surface area contributed by atoms with Crippen molar-refractivity contribution in [3.8, 4) is 5.75 Å². The van der Waals surface area contributed by atoms with Gasteiger partial charge in [-0.05, 0) is 18.2 Å². The Morgan fingerprint density at radius 3 is 2.47 bits per heavy atom. The van der Waals surface area contributed by atoms with Crippen LogP contribution in [-0.2, 0) is 0 Å². The van der Waals surface area contributed by atoms with Gasteiger partial charge in [-0.15, -0.1) is 0 Å². The highest BCUT2D eigenvalue weighted by Gasteiger charge is 2.34. The maximum Gasteiger partial charge on any atom is 0.307 e. The van der Waals surface area contributed by atoms with E-state index in [1.54, 1.807) is 0 Å². The number of carbonyl (C=O) groups excluding carboxylic acids is 1. The standard InChI is InChI=1S/C10H9ClF2O2/c1-10(12,13)9(14)7-4-3-6(15-2)5-8(7)11/h3-5H,1-2H3. The molecule has 0 bridgehead atoms. The van der Waals surface area contributed by atoms with E-state index in [2.05, 4.69) is 0 Å². The fraction of sp³-hybridized carbons (Fsp3) is 0.300. The van der Waals surface area contributed by atoms with Gasteiger partial charge < -0.3 is 4.74 Å². The molecule has 0 aliphatic heterocycles. The van der Waals surface area contributed by atoms with Crippen LogP contribution in [0.1, 0.15) is 17.3 Å². The van der Waals surface area contributed by atoms with Gasteiger partial charge in [0.2, 0.25) is 5.78 Å². The molecule has 0 aromatic heterocycles. The van der Waals surface area contributed by atoms with Gasteiger partial charge in [0, 0.05) is 12.5 Å². The Kier molecular flexibility index (Phi) is 3.29. The summed E-state index contributed by atoms with van der Waals surface area (Å²) in [6.45, 7) is 0.538. The van der Waals surface area contributed by atoms with E-state index in [0.29, 0.717) is 12.7 Å². The molecule has 0 spiro atoms. The van der Waals surface area contributed by atoms with E-state index in [0.717, 1.165) is 0 Å². The second kappa shape index (κ2) is 4.14. The number of ether oxygens (including phenoxy) is 1. The predicted octanol–water partition coefficient (Wildman–Crippen LogP) is 3.19. The van der Waals surface area contributed by atoms with Crippen LogP contribution in [0.4, 0.5) is 8.78 Å². The Morgan fingerprint density at radius 2 is 2.07 bits per heavy atom. The summed E-state index contributed by atoms with van der Waals surface area (Å²) < 4.78 is 30.3. The lowest BCUT2D eigenvalue weighted by Crippen LogP contribution is -2.24. The lowest BCUT2D eigenvalue weighted by atomic mass is 10.1. The molecule has 0 fully saturated rings. The van der Waals surface area contributed by atoms with E-state index in [1.807, 2.05) is 0 Å². The number of hydrogen-bond acceptors (Lipinski definition) is 2. The number of rotatable bonds is 3. The minimum Gasteiger partial charge on any atom is -0.497 e. The van der Waals surface area contributed by atoms with Crippen molar-refractivity contribution >= 4 is 17.4 Å². The van der Waals surface area contributed by atoms with Gasteiger partial charge in [0.1, 0.15) is 5.75 Å². The Morgan fingerprint density at radius 1 is 1.47 bits per heavy atom. The quantitative estimate of drug-likeness (QED) is 0.751. The van der Waals surface area contributed by atoms with E-state index in [9.17, 15) is 13.6 Å². The second-order valence-electron chi connectivity index (χ2n) is 3.06. The van der Waals surface area contributed by atoms with Crippen LogP contribution < -0.4 is 4.74 Å². The summed E-state index contributed by atoms with van der Waals surface area (Å²) in [5, 5.41) is -0.0409. The first-order chi connectivity index (χ1) is 6.86. The highest BCUT2D eigenvalue weighted by Crippen LogP contribution is 2.27. The van der Waals surface area contributed by atoms with Gasteiger partial charge in [-0.25, -0.2) is 0 Å². The van der Waals surface area contributed by atoms with E-state index < -0.39 is 11.7 Å².